The van der Waals surface area contributed by atoms with Crippen LogP contribution in [0.25, 0.3) is 17.1 Å². The van der Waals surface area contributed by atoms with Gasteiger partial charge in [-0.3, -0.25) is 4.79 Å². The number of Topliss-reactive ketones (excluding diaryl/α,β-unsaturated/α-hetero) is 1. The number of morpholine rings is 1. The van der Waals surface area contributed by atoms with Crippen LogP contribution in [0.2, 0.25) is 0 Å². The molecule has 1 saturated heterocycles. The fraction of sp³-hybridized carbons (Fsp3) is 0.174. The van der Waals surface area contributed by atoms with Crippen LogP contribution in [0.1, 0.15) is 5.56 Å². The molecule has 0 aliphatic carbocycles. The molecule has 0 saturated carbocycles. The largest absolute Gasteiger partial charge is 0.477 e. The zero-order valence-electron chi connectivity index (χ0n) is 17.0. The Morgan fingerprint density at radius 2 is 1.97 bits per heavy atom. The summed E-state index contributed by atoms with van der Waals surface area (Å²) >= 11 is 0. The van der Waals surface area contributed by atoms with E-state index in [4.69, 9.17) is 9.47 Å². The van der Waals surface area contributed by atoms with Gasteiger partial charge in [0.05, 0.1) is 13.2 Å². The number of ketones is 1. The molecule has 0 radical (unpaired) electrons. The van der Waals surface area contributed by atoms with Crippen LogP contribution in [0.15, 0.2) is 66.0 Å². The quantitative estimate of drug-likeness (QED) is 0.416. The molecule has 2 aromatic heterocycles. The van der Waals surface area contributed by atoms with E-state index in [1.165, 1.54) is 6.08 Å². The summed E-state index contributed by atoms with van der Waals surface area (Å²) in [5.74, 6) is -2.22. The highest BCUT2D eigenvalue weighted by atomic mass is 16.5. The number of benzene rings is 1. The predicted molar refractivity (Wildman–Crippen MR) is 118 cm³/mol. The molecule has 2 aliphatic rings. The Morgan fingerprint density at radius 1 is 1.19 bits per heavy atom. The van der Waals surface area contributed by atoms with Crippen LogP contribution in [0, 0.1) is 0 Å². The van der Waals surface area contributed by atoms with Crippen molar-refractivity contribution < 1.29 is 24.2 Å². The summed E-state index contributed by atoms with van der Waals surface area (Å²) in [5, 5.41) is 13.3. The number of anilines is 2. The summed E-state index contributed by atoms with van der Waals surface area (Å²) in [6.45, 7) is 3.01. The molecule has 0 atom stereocenters. The monoisotopic (exact) mass is 432 g/mol. The SMILES string of the molecule is O=C(O)C1=C(Nc2ccc(N3CCOCC3)cc2)OC(=Cc2c[nH]c3ncccc23)C1=O. The first-order valence-corrected chi connectivity index (χ1v) is 10.1. The van der Waals surface area contributed by atoms with Crippen molar-refractivity contribution in [1.82, 2.24) is 9.97 Å². The van der Waals surface area contributed by atoms with Crippen molar-refractivity contribution in [3.8, 4) is 0 Å². The van der Waals surface area contributed by atoms with Gasteiger partial charge in [-0.2, -0.15) is 0 Å². The van der Waals surface area contributed by atoms with Gasteiger partial charge in [-0.05, 0) is 42.5 Å². The Bertz CT molecular complexity index is 1250. The van der Waals surface area contributed by atoms with E-state index >= 15 is 0 Å². The highest BCUT2D eigenvalue weighted by Crippen LogP contribution is 2.30. The molecule has 1 aromatic carbocycles. The summed E-state index contributed by atoms with van der Waals surface area (Å²) < 4.78 is 11.0. The number of H-pyrrole nitrogens is 1. The topological polar surface area (TPSA) is 117 Å². The van der Waals surface area contributed by atoms with E-state index in [0.29, 0.717) is 30.1 Å². The van der Waals surface area contributed by atoms with Gasteiger partial charge in [-0.15, -0.1) is 0 Å². The van der Waals surface area contributed by atoms with Gasteiger partial charge in [-0.1, -0.05) is 0 Å². The first kappa shape index (κ1) is 19.8. The van der Waals surface area contributed by atoms with Crippen LogP contribution < -0.4 is 10.2 Å². The molecule has 1 fully saturated rings. The maximum Gasteiger partial charge on any atom is 0.345 e. The van der Waals surface area contributed by atoms with Gasteiger partial charge in [0, 0.05) is 47.8 Å². The van der Waals surface area contributed by atoms with Gasteiger partial charge in [0.2, 0.25) is 11.7 Å². The normalized spacial score (nSPS) is 17.8. The number of nitrogens with zero attached hydrogens (tertiary/aromatic N) is 2. The Hall–Kier alpha value is -4.11. The van der Waals surface area contributed by atoms with E-state index in [-0.39, 0.29) is 11.6 Å². The van der Waals surface area contributed by atoms with Crippen LogP contribution in [0.4, 0.5) is 11.4 Å². The van der Waals surface area contributed by atoms with Crippen LogP contribution in [-0.2, 0) is 19.1 Å². The van der Waals surface area contributed by atoms with Gasteiger partial charge < -0.3 is 29.8 Å². The molecular formula is C23H20N4O5. The van der Waals surface area contributed by atoms with E-state index < -0.39 is 17.3 Å². The van der Waals surface area contributed by atoms with Crippen molar-refractivity contribution in [3.63, 3.8) is 0 Å². The maximum atomic E-state index is 12.8. The Kier molecular flexibility index (Phi) is 5.08. The number of carbonyl (C=O) groups excluding carboxylic acids is 1. The average Bonchev–Trinajstić information content (AvgIpc) is 3.36. The number of hydrogen-bond donors (Lipinski definition) is 3. The molecule has 4 heterocycles. The number of carboxylic acids is 1. The number of fused-ring (bicyclic) bond motifs is 1. The molecule has 5 rings (SSSR count). The summed E-state index contributed by atoms with van der Waals surface area (Å²) in [7, 11) is 0. The Morgan fingerprint density at radius 3 is 2.72 bits per heavy atom. The van der Waals surface area contributed by atoms with Crippen molar-refractivity contribution in [2.45, 2.75) is 0 Å². The molecule has 3 N–H and O–H groups in total. The lowest BCUT2D eigenvalue weighted by Crippen LogP contribution is -2.36. The molecule has 0 spiro atoms. The van der Waals surface area contributed by atoms with Crippen LogP contribution >= 0.6 is 0 Å². The minimum Gasteiger partial charge on any atom is -0.477 e. The zero-order chi connectivity index (χ0) is 22.1. The second kappa shape index (κ2) is 8.20. The van der Waals surface area contributed by atoms with Gasteiger partial charge in [-0.25, -0.2) is 9.78 Å². The highest BCUT2D eigenvalue weighted by Gasteiger charge is 2.36. The second-order valence-electron chi connectivity index (χ2n) is 7.36. The molecule has 3 aromatic rings. The summed E-state index contributed by atoms with van der Waals surface area (Å²) in [4.78, 5) is 34.0. The molecule has 32 heavy (non-hydrogen) atoms. The summed E-state index contributed by atoms with van der Waals surface area (Å²) in [6.07, 6.45) is 4.86. The van der Waals surface area contributed by atoms with E-state index in [0.717, 1.165) is 24.2 Å². The first-order valence-electron chi connectivity index (χ1n) is 10.1. The van der Waals surface area contributed by atoms with E-state index in [9.17, 15) is 14.7 Å². The number of carboxylic acid groups (broad SMARTS) is 1. The number of allylic oxidation sites excluding steroid dienone is 1. The van der Waals surface area contributed by atoms with Gasteiger partial charge in [0.1, 0.15) is 5.65 Å². The van der Waals surface area contributed by atoms with Gasteiger partial charge in [0.25, 0.3) is 0 Å². The third-order valence-electron chi connectivity index (χ3n) is 5.37. The second-order valence-corrected chi connectivity index (χ2v) is 7.36. The Balaban J connectivity index is 1.39. The predicted octanol–water partition coefficient (Wildman–Crippen LogP) is 2.75. The van der Waals surface area contributed by atoms with E-state index in [1.54, 1.807) is 18.5 Å². The number of rotatable bonds is 5. The third-order valence-corrected chi connectivity index (χ3v) is 5.37. The van der Waals surface area contributed by atoms with Crippen molar-refractivity contribution in [1.29, 1.82) is 0 Å². The minimum absolute atomic E-state index is 0.0698. The third kappa shape index (κ3) is 3.69. The number of nitrogens with one attached hydrogen (secondary N) is 2. The molecule has 0 bridgehead atoms. The molecule has 162 valence electrons. The number of hydrogen-bond acceptors (Lipinski definition) is 7. The number of aliphatic carboxylic acids is 1. The highest BCUT2D eigenvalue weighted by molar-refractivity contribution is 6.26. The van der Waals surface area contributed by atoms with Crippen LogP contribution in [0.5, 0.6) is 0 Å². The lowest BCUT2D eigenvalue weighted by molar-refractivity contribution is -0.134. The van der Waals surface area contributed by atoms with E-state index in [1.807, 2.05) is 30.3 Å². The molecule has 9 heteroatoms. The van der Waals surface area contributed by atoms with Gasteiger partial charge in [0.15, 0.2) is 11.3 Å². The smallest absolute Gasteiger partial charge is 0.345 e. The lowest BCUT2D eigenvalue weighted by atomic mass is 10.1. The van der Waals surface area contributed by atoms with Crippen molar-refractivity contribution in [2.24, 2.45) is 0 Å². The molecule has 2 aliphatic heterocycles. The number of carbonyl (C=O) groups is 2. The fourth-order valence-corrected chi connectivity index (χ4v) is 3.76. The minimum atomic E-state index is -1.36. The molecule has 0 amide bonds. The summed E-state index contributed by atoms with van der Waals surface area (Å²) in [5.41, 5.74) is 2.56. The van der Waals surface area contributed by atoms with Crippen molar-refractivity contribution in [3.05, 3.63) is 71.6 Å². The zero-order valence-corrected chi connectivity index (χ0v) is 17.0. The number of aromatic nitrogens is 2. The van der Waals surface area contributed by atoms with Crippen molar-refractivity contribution in [2.75, 3.05) is 36.5 Å². The first-order chi connectivity index (χ1) is 15.6. The number of aromatic amines is 1. The van der Waals surface area contributed by atoms with E-state index in [2.05, 4.69) is 20.2 Å². The number of pyridine rings is 1. The Labute approximate surface area is 183 Å². The van der Waals surface area contributed by atoms with Crippen molar-refractivity contribution >= 4 is 40.2 Å². The van der Waals surface area contributed by atoms with Gasteiger partial charge >= 0.3 is 5.97 Å². The summed E-state index contributed by atoms with van der Waals surface area (Å²) in [6, 6.07) is 11.1. The molecule has 0 unspecified atom stereocenters. The van der Waals surface area contributed by atoms with Crippen LogP contribution in [-0.4, -0.2) is 53.1 Å². The number of ether oxygens (including phenoxy) is 2. The molecule has 9 nitrogen and oxygen atoms in total. The standard InChI is InChI=1S/C23H20N4O5/c28-20-18(12-14-13-25-21-17(14)2-1-7-24-21)32-22(19(20)23(29)30)26-15-3-5-16(6-4-15)27-8-10-31-11-9-27/h1-7,12-13,26H,8-11H2,(H,24,25)(H,29,30). The van der Waals surface area contributed by atoms with Crippen LogP contribution in [0.3, 0.4) is 0 Å². The maximum absolute atomic E-state index is 12.8. The molecular weight excluding hydrogens is 412 g/mol. The fourth-order valence-electron chi connectivity index (χ4n) is 3.76. The average molecular weight is 432 g/mol. The lowest BCUT2D eigenvalue weighted by Gasteiger charge is -2.28.